The summed E-state index contributed by atoms with van der Waals surface area (Å²) in [6.45, 7) is 3.50. The highest BCUT2D eigenvalue weighted by Crippen LogP contribution is 2.17. The van der Waals surface area contributed by atoms with Gasteiger partial charge in [-0.1, -0.05) is 0 Å². The highest BCUT2D eigenvalue weighted by Gasteiger charge is 2.24. The summed E-state index contributed by atoms with van der Waals surface area (Å²) in [7, 11) is 0. The third-order valence-corrected chi connectivity index (χ3v) is 2.51. The molecule has 0 radical (unpaired) electrons. The largest absolute Gasteiger partial charge is 0.351 e. The molecule has 1 fully saturated rings. The van der Waals surface area contributed by atoms with E-state index < -0.39 is 0 Å². The smallest absolute Gasteiger partial charge is 0.314 e. The van der Waals surface area contributed by atoms with Crippen molar-refractivity contribution in [2.24, 2.45) is 17.4 Å². The van der Waals surface area contributed by atoms with Crippen LogP contribution in [-0.2, 0) is 0 Å². The first kappa shape index (κ1) is 9.32. The lowest BCUT2D eigenvalue weighted by Gasteiger charge is -2.33. The van der Waals surface area contributed by atoms with Crippen LogP contribution in [0.1, 0.15) is 19.8 Å². The summed E-state index contributed by atoms with van der Waals surface area (Å²) in [5, 5.41) is 0. The van der Waals surface area contributed by atoms with E-state index in [2.05, 4.69) is 0 Å². The fourth-order valence-corrected chi connectivity index (χ4v) is 1.64. The summed E-state index contributed by atoms with van der Waals surface area (Å²) in [6.07, 6.45) is 2.14. The van der Waals surface area contributed by atoms with Crippen LogP contribution >= 0.6 is 0 Å². The maximum Gasteiger partial charge on any atom is 0.314 e. The first-order chi connectivity index (χ1) is 5.61. The number of rotatable bonds is 1. The third-order valence-electron chi connectivity index (χ3n) is 2.51. The maximum absolute atomic E-state index is 10.8. The van der Waals surface area contributed by atoms with Crippen molar-refractivity contribution < 1.29 is 4.79 Å². The van der Waals surface area contributed by atoms with Gasteiger partial charge in [0.05, 0.1) is 0 Å². The molecule has 12 heavy (non-hydrogen) atoms. The predicted octanol–water partition coefficient (Wildman–Crippen LogP) is 0.124. The zero-order chi connectivity index (χ0) is 9.14. The molecule has 0 aromatic carbocycles. The SMILES string of the molecule is CC(N)C1CCCN(C(N)=O)C1. The van der Waals surface area contributed by atoms with Gasteiger partial charge in [-0.25, -0.2) is 4.79 Å². The lowest BCUT2D eigenvalue weighted by molar-refractivity contribution is 0.166. The van der Waals surface area contributed by atoms with Crippen molar-refractivity contribution in [3.63, 3.8) is 0 Å². The van der Waals surface area contributed by atoms with E-state index in [1.807, 2.05) is 6.92 Å². The van der Waals surface area contributed by atoms with Crippen LogP contribution in [0.5, 0.6) is 0 Å². The van der Waals surface area contributed by atoms with Crippen molar-refractivity contribution in [2.75, 3.05) is 13.1 Å². The molecule has 0 aromatic heterocycles. The molecule has 4 nitrogen and oxygen atoms in total. The lowest BCUT2D eigenvalue weighted by Crippen LogP contribution is -2.47. The van der Waals surface area contributed by atoms with E-state index in [4.69, 9.17) is 11.5 Å². The van der Waals surface area contributed by atoms with Crippen molar-refractivity contribution in [1.82, 2.24) is 4.90 Å². The molecule has 0 aromatic rings. The summed E-state index contributed by atoms with van der Waals surface area (Å²) >= 11 is 0. The number of primary amides is 1. The minimum atomic E-state index is -0.319. The van der Waals surface area contributed by atoms with Crippen LogP contribution in [0.25, 0.3) is 0 Å². The van der Waals surface area contributed by atoms with Crippen LogP contribution in [0.4, 0.5) is 4.79 Å². The van der Waals surface area contributed by atoms with Crippen LogP contribution < -0.4 is 11.5 Å². The molecule has 4 N–H and O–H groups in total. The molecule has 1 rings (SSSR count). The van der Waals surface area contributed by atoms with Crippen LogP contribution in [0.3, 0.4) is 0 Å². The zero-order valence-electron chi connectivity index (χ0n) is 7.49. The first-order valence-corrected chi connectivity index (χ1v) is 4.41. The highest BCUT2D eigenvalue weighted by atomic mass is 16.2. The van der Waals surface area contributed by atoms with Gasteiger partial charge in [0.15, 0.2) is 0 Å². The Labute approximate surface area is 72.9 Å². The Balaban J connectivity index is 2.46. The average Bonchev–Trinajstić information content (AvgIpc) is 2.04. The molecule has 70 valence electrons. The molecule has 0 saturated carbocycles. The third kappa shape index (κ3) is 2.11. The van der Waals surface area contributed by atoms with Crippen LogP contribution in [0.15, 0.2) is 0 Å². The highest BCUT2D eigenvalue weighted by molar-refractivity contribution is 5.72. The minimum Gasteiger partial charge on any atom is -0.351 e. The number of carbonyl (C=O) groups is 1. The Kier molecular flexibility index (Phi) is 2.92. The number of likely N-dealkylation sites (tertiary alicyclic amines) is 1. The fourth-order valence-electron chi connectivity index (χ4n) is 1.64. The summed E-state index contributed by atoms with van der Waals surface area (Å²) in [6, 6.07) is -0.160. The standard InChI is InChI=1S/C8H17N3O/c1-6(9)7-3-2-4-11(5-7)8(10)12/h6-7H,2-5,9H2,1H3,(H2,10,12). The van der Waals surface area contributed by atoms with Crippen LogP contribution in [-0.4, -0.2) is 30.1 Å². The van der Waals surface area contributed by atoms with E-state index in [9.17, 15) is 4.79 Å². The second-order valence-electron chi connectivity index (χ2n) is 3.55. The normalized spacial score (nSPS) is 26.8. The summed E-state index contributed by atoms with van der Waals surface area (Å²) in [4.78, 5) is 12.5. The number of hydrogen-bond acceptors (Lipinski definition) is 2. The van der Waals surface area contributed by atoms with Gasteiger partial charge in [0.2, 0.25) is 0 Å². The minimum absolute atomic E-state index is 0.159. The number of piperidine rings is 1. The summed E-state index contributed by atoms with van der Waals surface area (Å²) < 4.78 is 0. The van der Waals surface area contributed by atoms with Gasteiger partial charge in [0.25, 0.3) is 0 Å². The average molecular weight is 171 g/mol. The molecule has 1 heterocycles. The number of amides is 2. The van der Waals surface area contributed by atoms with Crippen molar-refractivity contribution in [1.29, 1.82) is 0 Å². The zero-order valence-corrected chi connectivity index (χ0v) is 7.49. The van der Waals surface area contributed by atoms with Crippen LogP contribution in [0.2, 0.25) is 0 Å². The van der Waals surface area contributed by atoms with Gasteiger partial charge in [0.1, 0.15) is 0 Å². The van der Waals surface area contributed by atoms with Crippen molar-refractivity contribution in [3.05, 3.63) is 0 Å². The molecule has 1 saturated heterocycles. The van der Waals surface area contributed by atoms with E-state index in [1.54, 1.807) is 4.90 Å². The summed E-state index contributed by atoms with van der Waals surface area (Å²) in [5.74, 6) is 0.422. The van der Waals surface area contributed by atoms with Gasteiger partial charge in [-0.3, -0.25) is 0 Å². The lowest BCUT2D eigenvalue weighted by atomic mass is 9.92. The van der Waals surface area contributed by atoms with Crippen LogP contribution in [0, 0.1) is 5.92 Å². The second kappa shape index (κ2) is 3.76. The van der Waals surface area contributed by atoms with E-state index in [1.165, 1.54) is 0 Å². The van der Waals surface area contributed by atoms with E-state index >= 15 is 0 Å². The maximum atomic E-state index is 10.8. The number of carbonyl (C=O) groups excluding carboxylic acids is 1. The molecule has 2 amide bonds. The molecule has 0 bridgehead atoms. The second-order valence-corrected chi connectivity index (χ2v) is 3.55. The van der Waals surface area contributed by atoms with Crippen molar-refractivity contribution in [2.45, 2.75) is 25.8 Å². The van der Waals surface area contributed by atoms with Gasteiger partial charge in [0, 0.05) is 19.1 Å². The molecular formula is C8H17N3O. The number of urea groups is 1. The van der Waals surface area contributed by atoms with Gasteiger partial charge < -0.3 is 16.4 Å². The van der Waals surface area contributed by atoms with E-state index in [0.717, 1.165) is 25.9 Å². The monoisotopic (exact) mass is 171 g/mol. The van der Waals surface area contributed by atoms with Gasteiger partial charge in [-0.05, 0) is 25.7 Å². The fraction of sp³-hybridized carbons (Fsp3) is 0.875. The molecule has 1 aliphatic rings. The Bertz CT molecular complexity index is 170. The number of nitrogens with two attached hydrogens (primary N) is 2. The molecular weight excluding hydrogens is 154 g/mol. The van der Waals surface area contributed by atoms with Gasteiger partial charge in [-0.2, -0.15) is 0 Å². The topological polar surface area (TPSA) is 72.3 Å². The molecule has 2 atom stereocenters. The predicted molar refractivity (Wildman–Crippen MR) is 47.5 cm³/mol. The molecule has 0 aliphatic carbocycles. The Morgan fingerprint density at radius 1 is 1.67 bits per heavy atom. The van der Waals surface area contributed by atoms with E-state index in [-0.39, 0.29) is 12.1 Å². The van der Waals surface area contributed by atoms with Gasteiger partial charge in [-0.15, -0.1) is 0 Å². The molecule has 2 unspecified atom stereocenters. The number of nitrogens with zero attached hydrogens (tertiary/aromatic N) is 1. The van der Waals surface area contributed by atoms with Gasteiger partial charge >= 0.3 is 6.03 Å². The quantitative estimate of drug-likeness (QED) is 0.588. The summed E-state index contributed by atoms with van der Waals surface area (Å²) in [5.41, 5.74) is 10.9. The number of hydrogen-bond donors (Lipinski definition) is 2. The molecule has 0 spiro atoms. The Morgan fingerprint density at radius 2 is 2.33 bits per heavy atom. The van der Waals surface area contributed by atoms with E-state index in [0.29, 0.717) is 5.92 Å². The molecule has 1 aliphatic heterocycles. The van der Waals surface area contributed by atoms with Crippen molar-refractivity contribution >= 4 is 6.03 Å². The first-order valence-electron chi connectivity index (χ1n) is 4.41. The Hall–Kier alpha value is -0.770. The van der Waals surface area contributed by atoms with Crippen molar-refractivity contribution in [3.8, 4) is 0 Å². The Morgan fingerprint density at radius 3 is 2.83 bits per heavy atom. The molecule has 4 heteroatoms.